The summed E-state index contributed by atoms with van der Waals surface area (Å²) in [6, 6.07) is 3.17. The molecule has 5 nitrogen and oxygen atoms in total. The van der Waals surface area contributed by atoms with Crippen molar-refractivity contribution < 1.29 is 12.8 Å². The average molecular weight is 287 g/mol. The van der Waals surface area contributed by atoms with Gasteiger partial charge in [-0.05, 0) is 18.2 Å². The van der Waals surface area contributed by atoms with Gasteiger partial charge in [0, 0.05) is 17.3 Å². The lowest BCUT2D eigenvalue weighted by molar-refractivity contribution is 0.577. The summed E-state index contributed by atoms with van der Waals surface area (Å²) in [7, 11) is -3.78. The number of hydrogen-bond donors (Lipinski definition) is 2. The van der Waals surface area contributed by atoms with Gasteiger partial charge in [0.2, 0.25) is 10.0 Å². The summed E-state index contributed by atoms with van der Waals surface area (Å²) in [6.45, 7) is 0.0659. The first-order valence-electron chi connectivity index (χ1n) is 4.91. The number of nitrogens with one attached hydrogen (secondary N) is 1. The highest BCUT2D eigenvalue weighted by atomic mass is 32.2. The Balaban J connectivity index is 2.20. The van der Waals surface area contributed by atoms with Gasteiger partial charge in [-0.2, -0.15) is 0 Å². The van der Waals surface area contributed by atoms with Crippen LogP contribution in [0.2, 0.25) is 0 Å². The lowest BCUT2D eigenvalue weighted by Gasteiger charge is -2.06. The maximum atomic E-state index is 13.1. The number of nitrogens with zero attached hydrogens (tertiary/aromatic N) is 1. The molecule has 2 rings (SSSR count). The molecule has 0 radical (unpaired) electrons. The van der Waals surface area contributed by atoms with Crippen LogP contribution in [0.4, 0.5) is 10.1 Å². The lowest BCUT2D eigenvalue weighted by atomic mass is 10.3. The first kappa shape index (κ1) is 12.9. The number of rotatable bonds is 4. The van der Waals surface area contributed by atoms with E-state index in [1.54, 1.807) is 11.6 Å². The fraction of sp³-hybridized carbons (Fsp3) is 0.100. The van der Waals surface area contributed by atoms with E-state index in [0.717, 1.165) is 12.1 Å². The molecular weight excluding hydrogens is 277 g/mol. The van der Waals surface area contributed by atoms with Gasteiger partial charge in [0.1, 0.15) is 10.8 Å². The summed E-state index contributed by atoms with van der Waals surface area (Å²) in [5, 5.41) is 2.37. The van der Waals surface area contributed by atoms with Crippen LogP contribution < -0.4 is 10.5 Å². The number of aromatic nitrogens is 1. The molecule has 0 atom stereocenters. The highest BCUT2D eigenvalue weighted by Gasteiger charge is 2.15. The molecule has 1 aromatic carbocycles. The van der Waals surface area contributed by atoms with Crippen LogP contribution in [-0.4, -0.2) is 13.4 Å². The number of halogens is 1. The second kappa shape index (κ2) is 5.01. The molecule has 1 aromatic heterocycles. The van der Waals surface area contributed by atoms with Crippen LogP contribution in [0.15, 0.2) is 34.7 Å². The molecule has 0 bridgehead atoms. The molecule has 0 spiro atoms. The predicted molar refractivity (Wildman–Crippen MR) is 67.0 cm³/mol. The van der Waals surface area contributed by atoms with Crippen molar-refractivity contribution in [2.24, 2.45) is 0 Å². The number of hydrogen-bond acceptors (Lipinski definition) is 5. The SMILES string of the molecule is Nc1cc(F)cc(S(=O)(=O)NCc2nccs2)c1. The fourth-order valence-electron chi connectivity index (χ4n) is 1.32. The van der Waals surface area contributed by atoms with Gasteiger partial charge in [-0.1, -0.05) is 0 Å². The van der Waals surface area contributed by atoms with Gasteiger partial charge in [-0.3, -0.25) is 0 Å². The number of sulfonamides is 1. The normalized spacial score (nSPS) is 11.6. The number of nitrogens with two attached hydrogens (primary N) is 1. The van der Waals surface area contributed by atoms with E-state index in [-0.39, 0.29) is 17.1 Å². The monoisotopic (exact) mass is 287 g/mol. The molecule has 0 amide bonds. The minimum absolute atomic E-state index is 0.0598. The minimum atomic E-state index is -3.78. The van der Waals surface area contributed by atoms with Gasteiger partial charge >= 0.3 is 0 Å². The van der Waals surface area contributed by atoms with Crippen molar-refractivity contribution >= 4 is 27.0 Å². The lowest BCUT2D eigenvalue weighted by Crippen LogP contribution is -2.23. The second-order valence-electron chi connectivity index (χ2n) is 3.47. The summed E-state index contributed by atoms with van der Waals surface area (Å²) in [5.74, 6) is -0.690. The van der Waals surface area contributed by atoms with Crippen LogP contribution in [-0.2, 0) is 16.6 Å². The van der Waals surface area contributed by atoms with Gasteiger partial charge in [0.05, 0.1) is 11.4 Å². The van der Waals surface area contributed by atoms with Crippen molar-refractivity contribution in [3.05, 3.63) is 40.6 Å². The Labute approximate surface area is 108 Å². The van der Waals surface area contributed by atoms with Crippen molar-refractivity contribution in [2.45, 2.75) is 11.4 Å². The highest BCUT2D eigenvalue weighted by molar-refractivity contribution is 7.89. The Morgan fingerprint density at radius 2 is 2.17 bits per heavy atom. The quantitative estimate of drug-likeness (QED) is 0.831. The van der Waals surface area contributed by atoms with Crippen LogP contribution in [0, 0.1) is 5.82 Å². The largest absolute Gasteiger partial charge is 0.399 e. The van der Waals surface area contributed by atoms with Gasteiger partial charge in [-0.25, -0.2) is 22.5 Å². The third-order valence-electron chi connectivity index (χ3n) is 2.10. The van der Waals surface area contributed by atoms with E-state index in [4.69, 9.17) is 5.73 Å². The third-order valence-corrected chi connectivity index (χ3v) is 4.26. The van der Waals surface area contributed by atoms with E-state index < -0.39 is 15.8 Å². The topological polar surface area (TPSA) is 85.1 Å². The molecule has 0 saturated carbocycles. The van der Waals surface area contributed by atoms with Crippen LogP contribution in [0.25, 0.3) is 0 Å². The fourth-order valence-corrected chi connectivity index (χ4v) is 3.02. The highest BCUT2D eigenvalue weighted by Crippen LogP contribution is 2.16. The molecule has 3 N–H and O–H groups in total. The van der Waals surface area contributed by atoms with E-state index in [2.05, 4.69) is 9.71 Å². The van der Waals surface area contributed by atoms with E-state index in [0.29, 0.717) is 5.01 Å². The maximum absolute atomic E-state index is 13.1. The molecule has 96 valence electrons. The summed E-state index contributed by atoms with van der Waals surface area (Å²) in [4.78, 5) is 3.74. The maximum Gasteiger partial charge on any atom is 0.241 e. The zero-order valence-corrected chi connectivity index (χ0v) is 10.8. The molecule has 18 heavy (non-hydrogen) atoms. The molecule has 0 fully saturated rings. The van der Waals surface area contributed by atoms with Crippen molar-refractivity contribution in [3.8, 4) is 0 Å². The summed E-state index contributed by atoms with van der Waals surface area (Å²) in [6.07, 6.45) is 1.58. The molecular formula is C10H10FN3O2S2. The van der Waals surface area contributed by atoms with E-state index >= 15 is 0 Å². The standard InChI is InChI=1S/C10H10FN3O2S2/c11-7-3-8(12)5-9(4-7)18(15,16)14-6-10-13-1-2-17-10/h1-5,14H,6,12H2. The molecule has 0 saturated heterocycles. The Kier molecular flexibility index (Phi) is 3.60. The summed E-state index contributed by atoms with van der Waals surface area (Å²) >= 11 is 1.33. The molecule has 2 aromatic rings. The van der Waals surface area contributed by atoms with E-state index in [1.807, 2.05) is 0 Å². The molecule has 1 heterocycles. The van der Waals surface area contributed by atoms with E-state index in [9.17, 15) is 12.8 Å². The van der Waals surface area contributed by atoms with Crippen LogP contribution in [0.3, 0.4) is 0 Å². The van der Waals surface area contributed by atoms with Gasteiger partial charge in [0.25, 0.3) is 0 Å². The molecule has 0 aliphatic carbocycles. The Morgan fingerprint density at radius 3 is 2.78 bits per heavy atom. The number of anilines is 1. The Hall–Kier alpha value is -1.51. The zero-order chi connectivity index (χ0) is 13.2. The first-order chi connectivity index (χ1) is 8.47. The Bertz CT molecular complexity index is 621. The van der Waals surface area contributed by atoms with Gasteiger partial charge in [0.15, 0.2) is 0 Å². The third kappa shape index (κ3) is 3.03. The van der Waals surface area contributed by atoms with Gasteiger partial charge < -0.3 is 5.73 Å². The van der Waals surface area contributed by atoms with Crippen molar-refractivity contribution in [3.63, 3.8) is 0 Å². The van der Waals surface area contributed by atoms with Crippen molar-refractivity contribution in [1.82, 2.24) is 9.71 Å². The molecule has 0 aliphatic heterocycles. The number of thiazole rings is 1. The molecule has 0 aliphatic rings. The minimum Gasteiger partial charge on any atom is -0.399 e. The zero-order valence-electron chi connectivity index (χ0n) is 9.13. The Morgan fingerprint density at radius 1 is 1.39 bits per heavy atom. The molecule has 0 unspecified atom stereocenters. The van der Waals surface area contributed by atoms with Crippen molar-refractivity contribution in [1.29, 1.82) is 0 Å². The van der Waals surface area contributed by atoms with E-state index in [1.165, 1.54) is 17.4 Å². The van der Waals surface area contributed by atoms with Crippen LogP contribution >= 0.6 is 11.3 Å². The summed E-state index contributed by atoms with van der Waals surface area (Å²) < 4.78 is 39.2. The van der Waals surface area contributed by atoms with Crippen LogP contribution in [0.5, 0.6) is 0 Å². The van der Waals surface area contributed by atoms with Crippen molar-refractivity contribution in [2.75, 3.05) is 5.73 Å². The smallest absolute Gasteiger partial charge is 0.241 e. The second-order valence-corrected chi connectivity index (χ2v) is 6.22. The predicted octanol–water partition coefficient (Wildman–Crippen LogP) is 1.34. The number of benzene rings is 1. The van der Waals surface area contributed by atoms with Gasteiger partial charge in [-0.15, -0.1) is 11.3 Å². The average Bonchev–Trinajstić information content (AvgIpc) is 2.78. The summed E-state index contributed by atoms with van der Waals surface area (Å²) in [5.41, 5.74) is 5.46. The first-order valence-corrected chi connectivity index (χ1v) is 7.28. The molecule has 8 heteroatoms. The number of nitrogen functional groups attached to an aromatic ring is 1. The van der Waals surface area contributed by atoms with Crippen LogP contribution in [0.1, 0.15) is 5.01 Å².